The zero-order valence-electron chi connectivity index (χ0n) is 11.3. The number of methoxy groups -OCH3 is 1. The van der Waals surface area contributed by atoms with Crippen molar-refractivity contribution in [2.75, 3.05) is 7.11 Å². The van der Waals surface area contributed by atoms with Crippen LogP contribution in [0.25, 0.3) is 11.3 Å². The minimum absolute atomic E-state index is 0.171. The van der Waals surface area contributed by atoms with Crippen LogP contribution in [0.5, 0.6) is 0 Å². The van der Waals surface area contributed by atoms with Crippen molar-refractivity contribution in [1.82, 2.24) is 9.97 Å². The van der Waals surface area contributed by atoms with Gasteiger partial charge in [-0.3, -0.25) is 4.79 Å². The predicted octanol–water partition coefficient (Wildman–Crippen LogP) is 2.74. The Morgan fingerprint density at radius 1 is 1.32 bits per heavy atom. The normalized spacial score (nSPS) is 10.4. The molecule has 1 heterocycles. The molecule has 4 heteroatoms. The molecule has 0 unspecified atom stereocenters. The lowest BCUT2D eigenvalue weighted by Crippen LogP contribution is -2.05. The maximum absolute atomic E-state index is 11.2. The maximum Gasteiger partial charge on any atom is 0.313 e. The van der Waals surface area contributed by atoms with Crippen LogP contribution in [0.1, 0.15) is 24.7 Å². The second-order valence-corrected chi connectivity index (χ2v) is 4.44. The molecule has 1 N–H and O–H groups in total. The summed E-state index contributed by atoms with van der Waals surface area (Å²) in [7, 11) is 1.37. The second-order valence-electron chi connectivity index (χ2n) is 4.44. The lowest BCUT2D eigenvalue weighted by molar-refractivity contribution is -0.139. The minimum atomic E-state index is -0.292. The minimum Gasteiger partial charge on any atom is -0.469 e. The van der Waals surface area contributed by atoms with E-state index in [9.17, 15) is 4.79 Å². The summed E-state index contributed by atoms with van der Waals surface area (Å²) in [6, 6.07) is 8.39. The van der Waals surface area contributed by atoms with E-state index in [-0.39, 0.29) is 12.4 Å². The van der Waals surface area contributed by atoms with Crippen LogP contribution in [0.4, 0.5) is 0 Å². The van der Waals surface area contributed by atoms with Gasteiger partial charge < -0.3 is 9.72 Å². The van der Waals surface area contributed by atoms with Gasteiger partial charge in [-0.2, -0.15) is 0 Å². The number of imidazole rings is 1. The van der Waals surface area contributed by atoms with Crippen molar-refractivity contribution in [3.63, 3.8) is 0 Å². The molecule has 1 aromatic carbocycles. The number of benzene rings is 1. The Morgan fingerprint density at radius 2 is 2.05 bits per heavy atom. The van der Waals surface area contributed by atoms with Gasteiger partial charge in [-0.1, -0.05) is 37.6 Å². The highest BCUT2D eigenvalue weighted by atomic mass is 16.5. The Kier molecular flexibility index (Phi) is 4.34. The summed E-state index contributed by atoms with van der Waals surface area (Å²) in [5, 5.41) is 0. The fraction of sp³-hybridized carbons (Fsp3) is 0.333. The van der Waals surface area contributed by atoms with Crippen LogP contribution < -0.4 is 0 Å². The Morgan fingerprint density at radius 3 is 2.68 bits per heavy atom. The Bertz CT molecular complexity index is 544. The lowest BCUT2D eigenvalue weighted by Gasteiger charge is -2.01. The molecule has 100 valence electrons. The van der Waals surface area contributed by atoms with E-state index in [1.807, 2.05) is 0 Å². The molecule has 0 saturated carbocycles. The fourth-order valence-corrected chi connectivity index (χ4v) is 1.95. The van der Waals surface area contributed by atoms with Crippen molar-refractivity contribution in [3.05, 3.63) is 41.9 Å². The number of hydrogen-bond donors (Lipinski definition) is 1. The van der Waals surface area contributed by atoms with Gasteiger partial charge in [-0.25, -0.2) is 4.98 Å². The predicted molar refractivity (Wildman–Crippen MR) is 73.7 cm³/mol. The van der Waals surface area contributed by atoms with E-state index in [4.69, 9.17) is 0 Å². The van der Waals surface area contributed by atoms with Crippen LogP contribution >= 0.6 is 0 Å². The van der Waals surface area contributed by atoms with Gasteiger partial charge in [0.15, 0.2) is 0 Å². The number of nitrogens with zero attached hydrogens (tertiary/aromatic N) is 1. The van der Waals surface area contributed by atoms with Crippen molar-refractivity contribution in [2.45, 2.75) is 26.2 Å². The molecule has 0 fully saturated rings. The van der Waals surface area contributed by atoms with Crippen LogP contribution in [0.3, 0.4) is 0 Å². The second kappa shape index (κ2) is 6.18. The van der Waals surface area contributed by atoms with Crippen LogP contribution in [-0.4, -0.2) is 23.0 Å². The highest BCUT2D eigenvalue weighted by molar-refractivity contribution is 5.71. The summed E-state index contributed by atoms with van der Waals surface area (Å²) in [6.45, 7) is 2.17. The molecule has 19 heavy (non-hydrogen) atoms. The molecular weight excluding hydrogens is 240 g/mol. The summed E-state index contributed by atoms with van der Waals surface area (Å²) < 4.78 is 4.61. The van der Waals surface area contributed by atoms with E-state index in [2.05, 4.69) is 45.9 Å². The maximum atomic E-state index is 11.2. The highest BCUT2D eigenvalue weighted by Crippen LogP contribution is 2.18. The number of nitrogens with one attached hydrogen (secondary N) is 1. The summed E-state index contributed by atoms with van der Waals surface area (Å²) in [4.78, 5) is 18.5. The van der Waals surface area contributed by atoms with E-state index >= 15 is 0 Å². The average Bonchev–Trinajstić information content (AvgIpc) is 2.88. The molecule has 0 aliphatic heterocycles. The molecule has 0 bridgehead atoms. The molecule has 0 atom stereocenters. The number of ether oxygens (including phenoxy) is 1. The van der Waals surface area contributed by atoms with Crippen LogP contribution in [0.15, 0.2) is 30.5 Å². The van der Waals surface area contributed by atoms with E-state index in [0.717, 1.165) is 24.1 Å². The first-order chi connectivity index (χ1) is 9.22. The molecule has 0 amide bonds. The standard InChI is InChI=1S/C15H18N2O2/c1-3-4-11-5-7-12(8-6-11)13-10-16-14(17-13)9-15(18)19-2/h5-8,10H,3-4,9H2,1-2H3,(H,16,17). The third kappa shape index (κ3) is 3.44. The number of carbonyl (C=O) groups excluding carboxylic acids is 1. The van der Waals surface area contributed by atoms with Gasteiger partial charge in [-0.15, -0.1) is 0 Å². The molecule has 0 spiro atoms. The number of aromatic nitrogens is 2. The van der Waals surface area contributed by atoms with E-state index in [1.54, 1.807) is 6.20 Å². The summed E-state index contributed by atoms with van der Waals surface area (Å²) in [5.41, 5.74) is 3.32. The molecule has 0 radical (unpaired) electrons. The van der Waals surface area contributed by atoms with Crippen molar-refractivity contribution >= 4 is 5.97 Å². The number of esters is 1. The molecule has 2 aromatic rings. The van der Waals surface area contributed by atoms with Crippen molar-refractivity contribution in [2.24, 2.45) is 0 Å². The number of aryl methyl sites for hydroxylation is 1. The Labute approximate surface area is 112 Å². The summed E-state index contributed by atoms with van der Waals surface area (Å²) in [5.74, 6) is 0.332. The number of aromatic amines is 1. The largest absolute Gasteiger partial charge is 0.469 e. The SMILES string of the molecule is CCCc1ccc(-c2cnc(CC(=O)OC)[nH]2)cc1. The molecule has 0 aliphatic rings. The van der Waals surface area contributed by atoms with E-state index in [0.29, 0.717) is 5.82 Å². The first-order valence-electron chi connectivity index (χ1n) is 6.43. The van der Waals surface area contributed by atoms with Gasteiger partial charge >= 0.3 is 5.97 Å². The van der Waals surface area contributed by atoms with Crippen LogP contribution in [0.2, 0.25) is 0 Å². The van der Waals surface area contributed by atoms with Crippen molar-refractivity contribution < 1.29 is 9.53 Å². The Hall–Kier alpha value is -2.10. The molecule has 1 aromatic heterocycles. The molecule has 4 nitrogen and oxygen atoms in total. The van der Waals surface area contributed by atoms with Crippen LogP contribution in [0, 0.1) is 0 Å². The first kappa shape index (κ1) is 13.3. The molecule has 0 saturated heterocycles. The topological polar surface area (TPSA) is 55.0 Å². The average molecular weight is 258 g/mol. The quantitative estimate of drug-likeness (QED) is 0.839. The zero-order chi connectivity index (χ0) is 13.7. The number of carbonyl (C=O) groups is 1. The zero-order valence-corrected chi connectivity index (χ0v) is 11.3. The van der Waals surface area contributed by atoms with Gasteiger partial charge in [0.1, 0.15) is 12.2 Å². The molecule has 2 rings (SSSR count). The fourth-order valence-electron chi connectivity index (χ4n) is 1.95. The molecular formula is C15H18N2O2. The molecule has 0 aliphatic carbocycles. The monoisotopic (exact) mass is 258 g/mol. The van der Waals surface area contributed by atoms with Crippen molar-refractivity contribution in [3.8, 4) is 11.3 Å². The number of rotatable bonds is 5. The van der Waals surface area contributed by atoms with Gasteiger partial charge in [0.2, 0.25) is 0 Å². The number of H-pyrrole nitrogens is 1. The van der Waals surface area contributed by atoms with Gasteiger partial charge in [0.25, 0.3) is 0 Å². The summed E-state index contributed by atoms with van der Waals surface area (Å²) >= 11 is 0. The lowest BCUT2D eigenvalue weighted by atomic mass is 10.1. The summed E-state index contributed by atoms with van der Waals surface area (Å²) in [6.07, 6.45) is 4.15. The Balaban J connectivity index is 2.11. The van der Waals surface area contributed by atoms with Crippen LogP contribution in [-0.2, 0) is 22.4 Å². The van der Waals surface area contributed by atoms with E-state index in [1.165, 1.54) is 12.7 Å². The first-order valence-corrected chi connectivity index (χ1v) is 6.43. The van der Waals surface area contributed by atoms with Gasteiger partial charge in [-0.05, 0) is 17.5 Å². The third-order valence-electron chi connectivity index (χ3n) is 2.97. The highest BCUT2D eigenvalue weighted by Gasteiger charge is 2.08. The third-order valence-corrected chi connectivity index (χ3v) is 2.97. The number of hydrogen-bond acceptors (Lipinski definition) is 3. The van der Waals surface area contributed by atoms with E-state index < -0.39 is 0 Å². The van der Waals surface area contributed by atoms with Gasteiger partial charge in [0, 0.05) is 0 Å². The van der Waals surface area contributed by atoms with Crippen molar-refractivity contribution in [1.29, 1.82) is 0 Å². The van der Waals surface area contributed by atoms with Gasteiger partial charge in [0.05, 0.1) is 19.0 Å². The smallest absolute Gasteiger partial charge is 0.313 e.